The number of para-hydroxylation sites is 1. The lowest BCUT2D eigenvalue weighted by molar-refractivity contribution is -0.134. The Morgan fingerprint density at radius 2 is 1.78 bits per heavy atom. The Hall–Kier alpha value is -3.61. The monoisotopic (exact) mass is 432 g/mol. The van der Waals surface area contributed by atoms with Gasteiger partial charge in [0.2, 0.25) is 11.8 Å². The molecule has 2 aromatic carbocycles. The number of benzene rings is 2. The van der Waals surface area contributed by atoms with Gasteiger partial charge in [0.05, 0.1) is 13.1 Å². The van der Waals surface area contributed by atoms with Crippen molar-refractivity contribution in [1.29, 1.82) is 0 Å². The molecule has 0 bridgehead atoms. The van der Waals surface area contributed by atoms with Gasteiger partial charge in [-0.15, -0.1) is 0 Å². The Bertz CT molecular complexity index is 1180. The molecule has 3 amide bonds. The van der Waals surface area contributed by atoms with Gasteiger partial charge in [0.25, 0.3) is 5.91 Å². The number of hydrogen-bond donors (Lipinski definition) is 2. The second-order valence-electron chi connectivity index (χ2n) is 8.44. The van der Waals surface area contributed by atoms with Gasteiger partial charge < -0.3 is 20.1 Å². The number of hydrogen-bond acceptors (Lipinski definition) is 3. The molecule has 3 aromatic rings. The Morgan fingerprint density at radius 1 is 1.06 bits per heavy atom. The van der Waals surface area contributed by atoms with Gasteiger partial charge in [0.1, 0.15) is 11.2 Å². The van der Waals surface area contributed by atoms with Gasteiger partial charge in [-0.25, -0.2) is 0 Å². The van der Waals surface area contributed by atoms with Crippen molar-refractivity contribution >= 4 is 28.6 Å². The highest BCUT2D eigenvalue weighted by atomic mass is 16.2. The predicted molar refractivity (Wildman–Crippen MR) is 123 cm³/mol. The van der Waals surface area contributed by atoms with E-state index in [2.05, 4.69) is 10.6 Å². The van der Waals surface area contributed by atoms with Crippen LogP contribution in [0.15, 0.2) is 54.6 Å². The highest BCUT2D eigenvalue weighted by Crippen LogP contribution is 2.32. The van der Waals surface area contributed by atoms with E-state index < -0.39 is 5.54 Å². The fraction of sp³-hybridized carbons (Fsp3) is 0.320. The van der Waals surface area contributed by atoms with Crippen LogP contribution in [0.4, 0.5) is 0 Å². The minimum Gasteiger partial charge on any atom is -0.350 e. The quantitative estimate of drug-likeness (QED) is 0.628. The van der Waals surface area contributed by atoms with Crippen LogP contribution in [0.25, 0.3) is 10.9 Å². The third-order valence-electron chi connectivity index (χ3n) is 6.16. The van der Waals surface area contributed by atoms with Gasteiger partial charge in [0.15, 0.2) is 0 Å². The Balaban J connectivity index is 1.46. The lowest BCUT2D eigenvalue weighted by atomic mass is 9.95. The summed E-state index contributed by atoms with van der Waals surface area (Å²) in [6, 6.07) is 17.5. The number of fused-ring (bicyclic) bond motifs is 3. The van der Waals surface area contributed by atoms with Crippen molar-refractivity contribution in [3.8, 4) is 0 Å². The van der Waals surface area contributed by atoms with E-state index >= 15 is 0 Å². The van der Waals surface area contributed by atoms with E-state index in [0.29, 0.717) is 25.3 Å². The molecule has 1 aliphatic rings. The van der Waals surface area contributed by atoms with Crippen LogP contribution in [-0.4, -0.2) is 45.8 Å². The Labute approximate surface area is 187 Å². The molecule has 1 aromatic heterocycles. The van der Waals surface area contributed by atoms with Crippen molar-refractivity contribution in [2.75, 3.05) is 13.1 Å². The molecule has 166 valence electrons. The van der Waals surface area contributed by atoms with E-state index in [1.165, 1.54) is 0 Å². The van der Waals surface area contributed by atoms with E-state index in [1.807, 2.05) is 73.0 Å². The zero-order valence-electron chi connectivity index (χ0n) is 18.6. The van der Waals surface area contributed by atoms with E-state index in [4.69, 9.17) is 0 Å². The fourth-order valence-electron chi connectivity index (χ4n) is 4.32. The number of nitrogens with zero attached hydrogens (tertiary/aromatic N) is 2. The van der Waals surface area contributed by atoms with Crippen LogP contribution >= 0.6 is 0 Å². The molecule has 0 spiro atoms. The van der Waals surface area contributed by atoms with E-state index in [1.54, 1.807) is 11.8 Å². The standard InChI is InChI=1S/C25H28N4O3/c1-4-29-23(31)21-13-19-7-5-6-8-20(19)28(21)16-25(29,3)24(32)27-15-22(30)26-14-18-11-9-17(2)10-12-18/h5-13H,4,14-16H2,1-3H3,(H,26,30)(H,27,32)/t25-/m0/s1. The van der Waals surface area contributed by atoms with Crippen LogP contribution in [-0.2, 0) is 22.7 Å². The smallest absolute Gasteiger partial charge is 0.271 e. The number of carbonyl (C=O) groups excluding carboxylic acids is 3. The van der Waals surface area contributed by atoms with Gasteiger partial charge in [-0.3, -0.25) is 14.4 Å². The molecule has 0 saturated heterocycles. The highest BCUT2D eigenvalue weighted by Gasteiger charge is 2.46. The molecule has 0 radical (unpaired) electrons. The average molecular weight is 433 g/mol. The summed E-state index contributed by atoms with van der Waals surface area (Å²) in [4.78, 5) is 40.3. The molecular weight excluding hydrogens is 404 g/mol. The molecule has 1 atom stereocenters. The third-order valence-corrected chi connectivity index (χ3v) is 6.16. The molecule has 32 heavy (non-hydrogen) atoms. The van der Waals surface area contributed by atoms with Crippen molar-refractivity contribution in [2.45, 2.75) is 39.4 Å². The maximum absolute atomic E-state index is 13.2. The fourth-order valence-corrected chi connectivity index (χ4v) is 4.32. The first kappa shape index (κ1) is 21.6. The molecule has 4 rings (SSSR count). The molecular formula is C25H28N4O3. The zero-order valence-corrected chi connectivity index (χ0v) is 18.6. The maximum atomic E-state index is 13.2. The SMILES string of the molecule is CCN1C(=O)c2cc3ccccc3n2C[C@@]1(C)C(=O)NCC(=O)NCc1ccc(C)cc1. The molecule has 0 unspecified atom stereocenters. The number of amides is 3. The topological polar surface area (TPSA) is 83.4 Å². The van der Waals surface area contributed by atoms with Crippen molar-refractivity contribution in [3.63, 3.8) is 0 Å². The molecule has 2 heterocycles. The number of aromatic nitrogens is 1. The molecule has 7 nitrogen and oxygen atoms in total. The summed E-state index contributed by atoms with van der Waals surface area (Å²) in [5.74, 6) is -0.808. The van der Waals surface area contributed by atoms with Gasteiger partial charge in [-0.05, 0) is 38.5 Å². The first-order valence-corrected chi connectivity index (χ1v) is 10.8. The molecule has 0 aliphatic carbocycles. The maximum Gasteiger partial charge on any atom is 0.271 e. The van der Waals surface area contributed by atoms with Crippen LogP contribution in [0, 0.1) is 6.92 Å². The summed E-state index contributed by atoms with van der Waals surface area (Å²) >= 11 is 0. The minimum atomic E-state index is -1.10. The zero-order chi connectivity index (χ0) is 22.9. The molecule has 1 aliphatic heterocycles. The average Bonchev–Trinajstić information content (AvgIpc) is 3.16. The molecule has 7 heteroatoms. The summed E-state index contributed by atoms with van der Waals surface area (Å²) in [6.07, 6.45) is 0. The first-order chi connectivity index (χ1) is 15.3. The van der Waals surface area contributed by atoms with Gasteiger partial charge in [0, 0.05) is 24.0 Å². The van der Waals surface area contributed by atoms with E-state index in [-0.39, 0.29) is 24.3 Å². The van der Waals surface area contributed by atoms with Crippen LogP contribution in [0.5, 0.6) is 0 Å². The minimum absolute atomic E-state index is 0.148. The number of rotatable bonds is 6. The van der Waals surface area contributed by atoms with Crippen molar-refractivity contribution in [1.82, 2.24) is 20.1 Å². The number of aryl methyl sites for hydroxylation is 1. The summed E-state index contributed by atoms with van der Waals surface area (Å²) < 4.78 is 1.90. The summed E-state index contributed by atoms with van der Waals surface area (Å²) in [6.45, 7) is 6.58. The van der Waals surface area contributed by atoms with Crippen LogP contribution in [0.3, 0.4) is 0 Å². The summed E-state index contributed by atoms with van der Waals surface area (Å²) in [7, 11) is 0. The van der Waals surface area contributed by atoms with Gasteiger partial charge >= 0.3 is 0 Å². The third kappa shape index (κ3) is 3.86. The van der Waals surface area contributed by atoms with Crippen LogP contribution < -0.4 is 10.6 Å². The van der Waals surface area contributed by atoms with Crippen LogP contribution in [0.2, 0.25) is 0 Å². The normalized spacial score (nSPS) is 17.8. The lowest BCUT2D eigenvalue weighted by Gasteiger charge is -2.43. The van der Waals surface area contributed by atoms with Crippen molar-refractivity contribution in [2.24, 2.45) is 0 Å². The number of nitrogens with one attached hydrogen (secondary N) is 2. The number of likely N-dealkylation sites (N-methyl/N-ethyl adjacent to an activating group) is 1. The number of carbonyl (C=O) groups is 3. The van der Waals surface area contributed by atoms with Crippen molar-refractivity contribution < 1.29 is 14.4 Å². The predicted octanol–water partition coefficient (Wildman–Crippen LogP) is 2.62. The van der Waals surface area contributed by atoms with Gasteiger partial charge in [-0.2, -0.15) is 0 Å². The molecule has 0 fully saturated rings. The molecule has 2 N–H and O–H groups in total. The Kier molecular flexibility index (Phi) is 5.74. The van der Waals surface area contributed by atoms with E-state index in [0.717, 1.165) is 22.0 Å². The second kappa shape index (κ2) is 8.49. The largest absolute Gasteiger partial charge is 0.350 e. The van der Waals surface area contributed by atoms with Crippen LogP contribution in [0.1, 0.15) is 35.5 Å². The lowest BCUT2D eigenvalue weighted by Crippen LogP contribution is -2.64. The van der Waals surface area contributed by atoms with Gasteiger partial charge in [-0.1, -0.05) is 48.0 Å². The second-order valence-corrected chi connectivity index (χ2v) is 8.44. The molecule has 0 saturated carbocycles. The van der Waals surface area contributed by atoms with Crippen molar-refractivity contribution in [3.05, 3.63) is 71.4 Å². The Morgan fingerprint density at radius 3 is 2.50 bits per heavy atom. The van der Waals surface area contributed by atoms with E-state index in [9.17, 15) is 14.4 Å². The first-order valence-electron chi connectivity index (χ1n) is 10.8. The summed E-state index contributed by atoms with van der Waals surface area (Å²) in [5.41, 5.74) is 2.54. The highest BCUT2D eigenvalue weighted by molar-refractivity contribution is 6.04. The summed E-state index contributed by atoms with van der Waals surface area (Å²) in [5, 5.41) is 6.52.